The molecular weight excluding hydrogens is 210 g/mol. The molecule has 1 saturated heterocycles. The van der Waals surface area contributed by atoms with Crippen LogP contribution in [0.2, 0.25) is 0 Å². The fourth-order valence-electron chi connectivity index (χ4n) is 2.72. The van der Waals surface area contributed by atoms with E-state index in [4.69, 9.17) is 5.73 Å². The van der Waals surface area contributed by atoms with Gasteiger partial charge in [-0.05, 0) is 25.3 Å². The van der Waals surface area contributed by atoms with Crippen LogP contribution in [0.3, 0.4) is 0 Å². The van der Waals surface area contributed by atoms with Crippen LogP contribution in [0, 0.1) is 5.92 Å². The largest absolute Gasteiger partial charge is 0.330 e. The van der Waals surface area contributed by atoms with Gasteiger partial charge in [-0.3, -0.25) is 4.90 Å². The Morgan fingerprint density at radius 1 is 1.06 bits per heavy atom. The van der Waals surface area contributed by atoms with E-state index in [1.54, 1.807) is 0 Å². The predicted molar refractivity (Wildman–Crippen MR) is 75.2 cm³/mol. The molecule has 0 spiro atoms. The summed E-state index contributed by atoms with van der Waals surface area (Å²) >= 11 is 0. The Bertz CT molecular complexity index is 188. The lowest BCUT2D eigenvalue weighted by molar-refractivity contribution is 0.0827. The molecule has 1 rings (SSSR count). The molecule has 0 aliphatic carbocycles. The van der Waals surface area contributed by atoms with E-state index in [-0.39, 0.29) is 0 Å². The van der Waals surface area contributed by atoms with Crippen LogP contribution < -0.4 is 5.73 Å². The van der Waals surface area contributed by atoms with Crippen molar-refractivity contribution in [2.75, 3.05) is 39.3 Å². The van der Waals surface area contributed by atoms with Crippen molar-refractivity contribution >= 4 is 0 Å². The SMILES string of the molecule is CCC(C)CN1CCN(C(CC)CCN)CC1. The molecule has 0 radical (unpaired) electrons. The monoisotopic (exact) mass is 241 g/mol. The Labute approximate surface area is 107 Å². The minimum Gasteiger partial charge on any atom is -0.330 e. The first-order chi connectivity index (χ1) is 8.21. The van der Waals surface area contributed by atoms with Gasteiger partial charge in [0.05, 0.1) is 0 Å². The van der Waals surface area contributed by atoms with Crippen molar-refractivity contribution < 1.29 is 0 Å². The molecule has 0 amide bonds. The first-order valence-electron chi connectivity index (χ1n) is 7.37. The van der Waals surface area contributed by atoms with Gasteiger partial charge in [-0.1, -0.05) is 27.2 Å². The number of nitrogens with zero attached hydrogens (tertiary/aromatic N) is 2. The molecule has 0 aromatic heterocycles. The molecule has 17 heavy (non-hydrogen) atoms. The van der Waals surface area contributed by atoms with Crippen LogP contribution in [0.15, 0.2) is 0 Å². The van der Waals surface area contributed by atoms with Crippen LogP contribution in [-0.4, -0.2) is 55.1 Å². The Morgan fingerprint density at radius 2 is 1.71 bits per heavy atom. The molecule has 2 atom stereocenters. The molecule has 1 heterocycles. The fraction of sp³-hybridized carbons (Fsp3) is 1.00. The summed E-state index contributed by atoms with van der Waals surface area (Å²) in [4.78, 5) is 5.26. The number of hydrogen-bond donors (Lipinski definition) is 1. The third-order valence-corrected chi connectivity index (χ3v) is 4.16. The van der Waals surface area contributed by atoms with Gasteiger partial charge in [-0.2, -0.15) is 0 Å². The molecule has 2 N–H and O–H groups in total. The first-order valence-corrected chi connectivity index (χ1v) is 7.37. The second-order valence-corrected chi connectivity index (χ2v) is 5.49. The summed E-state index contributed by atoms with van der Waals surface area (Å²) in [5.74, 6) is 0.840. The highest BCUT2D eigenvalue weighted by atomic mass is 15.3. The van der Waals surface area contributed by atoms with Crippen LogP contribution in [0.4, 0.5) is 0 Å². The molecule has 0 bridgehead atoms. The zero-order valence-electron chi connectivity index (χ0n) is 12.0. The maximum Gasteiger partial charge on any atom is 0.0113 e. The van der Waals surface area contributed by atoms with E-state index >= 15 is 0 Å². The molecule has 1 fully saturated rings. The first kappa shape index (κ1) is 14.9. The molecule has 0 saturated carbocycles. The standard InChI is InChI=1S/C14H31N3/c1-4-13(3)12-16-8-10-17(11-9-16)14(5-2)6-7-15/h13-14H,4-12,15H2,1-3H3. The normalized spacial score (nSPS) is 22.6. The van der Waals surface area contributed by atoms with Crippen molar-refractivity contribution in [3.63, 3.8) is 0 Å². The molecule has 3 heteroatoms. The second kappa shape index (κ2) is 8.06. The third kappa shape index (κ3) is 4.94. The van der Waals surface area contributed by atoms with Crippen molar-refractivity contribution in [2.24, 2.45) is 11.7 Å². The topological polar surface area (TPSA) is 32.5 Å². The molecular formula is C14H31N3. The Kier molecular flexibility index (Phi) is 7.09. The smallest absolute Gasteiger partial charge is 0.0113 e. The van der Waals surface area contributed by atoms with Crippen molar-refractivity contribution in [2.45, 2.75) is 46.1 Å². The Hall–Kier alpha value is -0.120. The van der Waals surface area contributed by atoms with Crippen molar-refractivity contribution in [3.8, 4) is 0 Å². The highest BCUT2D eigenvalue weighted by molar-refractivity contribution is 4.78. The van der Waals surface area contributed by atoms with Crippen LogP contribution in [0.25, 0.3) is 0 Å². The number of piperazine rings is 1. The van der Waals surface area contributed by atoms with Gasteiger partial charge in [0.2, 0.25) is 0 Å². The maximum absolute atomic E-state index is 5.69. The Morgan fingerprint density at radius 3 is 2.18 bits per heavy atom. The van der Waals surface area contributed by atoms with E-state index in [1.807, 2.05) is 0 Å². The minimum absolute atomic E-state index is 0.714. The molecule has 2 unspecified atom stereocenters. The highest BCUT2D eigenvalue weighted by Crippen LogP contribution is 2.13. The average molecular weight is 241 g/mol. The lowest BCUT2D eigenvalue weighted by Gasteiger charge is -2.39. The van der Waals surface area contributed by atoms with E-state index in [0.29, 0.717) is 6.04 Å². The number of nitrogens with two attached hydrogens (primary N) is 1. The third-order valence-electron chi connectivity index (χ3n) is 4.16. The van der Waals surface area contributed by atoms with E-state index in [2.05, 4.69) is 30.6 Å². The van der Waals surface area contributed by atoms with E-state index in [1.165, 1.54) is 45.6 Å². The summed E-state index contributed by atoms with van der Waals surface area (Å²) in [7, 11) is 0. The highest BCUT2D eigenvalue weighted by Gasteiger charge is 2.22. The quantitative estimate of drug-likeness (QED) is 0.737. The second-order valence-electron chi connectivity index (χ2n) is 5.49. The van der Waals surface area contributed by atoms with E-state index < -0.39 is 0 Å². The van der Waals surface area contributed by atoms with Gasteiger partial charge >= 0.3 is 0 Å². The van der Waals surface area contributed by atoms with Crippen molar-refractivity contribution in [1.29, 1.82) is 0 Å². The lowest BCUT2D eigenvalue weighted by atomic mass is 10.1. The maximum atomic E-state index is 5.69. The lowest BCUT2D eigenvalue weighted by Crippen LogP contribution is -2.51. The fourth-order valence-corrected chi connectivity index (χ4v) is 2.72. The van der Waals surface area contributed by atoms with Crippen molar-refractivity contribution in [3.05, 3.63) is 0 Å². The van der Waals surface area contributed by atoms with Crippen LogP contribution in [-0.2, 0) is 0 Å². The molecule has 1 aliphatic rings. The van der Waals surface area contributed by atoms with Gasteiger partial charge < -0.3 is 10.6 Å². The molecule has 1 aliphatic heterocycles. The number of rotatable bonds is 7. The summed E-state index contributed by atoms with van der Waals surface area (Å²) in [6, 6.07) is 0.714. The molecule has 3 nitrogen and oxygen atoms in total. The Balaban J connectivity index is 2.29. The summed E-state index contributed by atoms with van der Waals surface area (Å²) in [6.45, 7) is 14.0. The van der Waals surface area contributed by atoms with Crippen LogP contribution in [0.1, 0.15) is 40.0 Å². The summed E-state index contributed by atoms with van der Waals surface area (Å²) in [5.41, 5.74) is 5.69. The van der Waals surface area contributed by atoms with Gasteiger partial charge in [0.1, 0.15) is 0 Å². The van der Waals surface area contributed by atoms with Crippen molar-refractivity contribution in [1.82, 2.24) is 9.80 Å². The summed E-state index contributed by atoms with van der Waals surface area (Å²) < 4.78 is 0. The summed E-state index contributed by atoms with van der Waals surface area (Å²) in [6.07, 6.45) is 3.69. The minimum atomic E-state index is 0.714. The van der Waals surface area contributed by atoms with Crippen LogP contribution >= 0.6 is 0 Å². The predicted octanol–water partition coefficient (Wildman–Crippen LogP) is 1.78. The van der Waals surface area contributed by atoms with Gasteiger partial charge in [-0.15, -0.1) is 0 Å². The van der Waals surface area contributed by atoms with E-state index in [0.717, 1.165) is 18.9 Å². The van der Waals surface area contributed by atoms with Gasteiger partial charge in [-0.25, -0.2) is 0 Å². The van der Waals surface area contributed by atoms with Gasteiger partial charge in [0.15, 0.2) is 0 Å². The van der Waals surface area contributed by atoms with Gasteiger partial charge in [0, 0.05) is 38.8 Å². The number of hydrogen-bond acceptors (Lipinski definition) is 3. The van der Waals surface area contributed by atoms with E-state index in [9.17, 15) is 0 Å². The zero-order chi connectivity index (χ0) is 12.7. The van der Waals surface area contributed by atoms with Gasteiger partial charge in [0.25, 0.3) is 0 Å². The molecule has 102 valence electrons. The zero-order valence-corrected chi connectivity index (χ0v) is 12.0. The average Bonchev–Trinajstić information content (AvgIpc) is 2.37. The summed E-state index contributed by atoms with van der Waals surface area (Å²) in [5, 5.41) is 0. The molecule has 0 aromatic rings. The van der Waals surface area contributed by atoms with Crippen LogP contribution in [0.5, 0.6) is 0 Å². The molecule has 0 aromatic carbocycles.